The van der Waals surface area contributed by atoms with Crippen molar-refractivity contribution in [1.29, 1.82) is 0 Å². The molecular formula is C13H18FN3. The van der Waals surface area contributed by atoms with Gasteiger partial charge in [-0.3, -0.25) is 4.90 Å². The summed E-state index contributed by atoms with van der Waals surface area (Å²) in [7, 11) is 0. The molecule has 1 saturated heterocycles. The lowest BCUT2D eigenvalue weighted by Crippen LogP contribution is -2.46. The van der Waals surface area contributed by atoms with Gasteiger partial charge in [-0.15, -0.1) is 6.58 Å². The Hall–Kier alpha value is -1.55. The predicted molar refractivity (Wildman–Crippen MR) is 69.7 cm³/mol. The minimum absolute atomic E-state index is 0.281. The topological polar surface area (TPSA) is 32.5 Å². The van der Waals surface area contributed by atoms with Gasteiger partial charge in [0.15, 0.2) is 0 Å². The number of benzene rings is 1. The Morgan fingerprint density at radius 1 is 1.29 bits per heavy atom. The van der Waals surface area contributed by atoms with Crippen LogP contribution >= 0.6 is 0 Å². The molecule has 0 amide bonds. The van der Waals surface area contributed by atoms with Gasteiger partial charge in [0.25, 0.3) is 0 Å². The lowest BCUT2D eigenvalue weighted by molar-refractivity contribution is 0.284. The Labute approximate surface area is 101 Å². The zero-order valence-electron chi connectivity index (χ0n) is 9.90. The van der Waals surface area contributed by atoms with Gasteiger partial charge in [-0.25, -0.2) is 4.39 Å². The third-order valence-corrected chi connectivity index (χ3v) is 3.09. The maximum Gasteiger partial charge on any atom is 0.125 e. The number of hydrogen-bond acceptors (Lipinski definition) is 3. The van der Waals surface area contributed by atoms with Crippen LogP contribution < -0.4 is 10.6 Å². The summed E-state index contributed by atoms with van der Waals surface area (Å²) in [4.78, 5) is 4.54. The van der Waals surface area contributed by atoms with E-state index in [0.717, 1.165) is 38.4 Å². The summed E-state index contributed by atoms with van der Waals surface area (Å²) in [5.74, 6) is -0.281. The highest BCUT2D eigenvalue weighted by Gasteiger charge is 2.17. The number of nitrogens with two attached hydrogens (primary N) is 1. The molecule has 3 nitrogen and oxygen atoms in total. The lowest BCUT2D eigenvalue weighted by atomic mass is 10.2. The van der Waals surface area contributed by atoms with E-state index in [4.69, 9.17) is 5.73 Å². The molecular weight excluding hydrogens is 217 g/mol. The van der Waals surface area contributed by atoms with Crippen LogP contribution in [-0.4, -0.2) is 37.6 Å². The molecule has 0 bridgehead atoms. The van der Waals surface area contributed by atoms with Gasteiger partial charge in [-0.2, -0.15) is 0 Å². The zero-order valence-corrected chi connectivity index (χ0v) is 9.90. The second-order valence-corrected chi connectivity index (χ2v) is 4.28. The van der Waals surface area contributed by atoms with Crippen LogP contribution in [0.25, 0.3) is 0 Å². The lowest BCUT2D eigenvalue weighted by Gasteiger charge is -2.36. The molecule has 17 heavy (non-hydrogen) atoms. The Bertz CT molecular complexity index is 398. The molecule has 0 spiro atoms. The van der Waals surface area contributed by atoms with Crippen molar-refractivity contribution < 1.29 is 4.39 Å². The van der Waals surface area contributed by atoms with Crippen molar-refractivity contribution in [2.45, 2.75) is 0 Å². The number of anilines is 2. The van der Waals surface area contributed by atoms with E-state index in [9.17, 15) is 4.39 Å². The number of nitrogen functional groups attached to an aromatic ring is 1. The van der Waals surface area contributed by atoms with E-state index in [-0.39, 0.29) is 5.82 Å². The van der Waals surface area contributed by atoms with Gasteiger partial charge in [0.05, 0.1) is 11.4 Å². The standard InChI is InChI=1S/C13H18FN3/c1-2-5-16-6-8-17(9-7-16)13-4-3-11(14)10-12(13)15/h2-4,10H,1,5-9,15H2. The van der Waals surface area contributed by atoms with Crippen LogP contribution in [0.4, 0.5) is 15.8 Å². The van der Waals surface area contributed by atoms with E-state index in [0.29, 0.717) is 5.69 Å². The fraction of sp³-hybridized carbons (Fsp3) is 0.385. The van der Waals surface area contributed by atoms with E-state index in [2.05, 4.69) is 16.4 Å². The van der Waals surface area contributed by atoms with Crippen LogP contribution in [0.5, 0.6) is 0 Å². The quantitative estimate of drug-likeness (QED) is 0.639. The smallest absolute Gasteiger partial charge is 0.125 e. The summed E-state index contributed by atoms with van der Waals surface area (Å²) in [5, 5.41) is 0. The normalized spacial score (nSPS) is 17.1. The number of halogens is 1. The highest BCUT2D eigenvalue weighted by atomic mass is 19.1. The first-order chi connectivity index (χ1) is 8.20. The van der Waals surface area contributed by atoms with Crippen LogP contribution in [0.2, 0.25) is 0 Å². The molecule has 92 valence electrons. The van der Waals surface area contributed by atoms with E-state index < -0.39 is 0 Å². The zero-order chi connectivity index (χ0) is 12.3. The maximum atomic E-state index is 13.0. The molecule has 1 heterocycles. The SMILES string of the molecule is C=CCN1CCN(c2ccc(F)cc2N)CC1. The summed E-state index contributed by atoms with van der Waals surface area (Å²) in [6, 6.07) is 4.60. The molecule has 0 unspecified atom stereocenters. The van der Waals surface area contributed by atoms with Crippen LogP contribution in [0.15, 0.2) is 30.9 Å². The van der Waals surface area contributed by atoms with Gasteiger partial charge in [-0.1, -0.05) is 6.08 Å². The molecule has 1 aromatic carbocycles. The molecule has 1 aliphatic rings. The third-order valence-electron chi connectivity index (χ3n) is 3.09. The van der Waals surface area contributed by atoms with Crippen LogP contribution in [-0.2, 0) is 0 Å². The number of rotatable bonds is 3. The highest BCUT2D eigenvalue weighted by molar-refractivity contribution is 5.67. The molecule has 0 aliphatic carbocycles. The van der Waals surface area contributed by atoms with Crippen molar-refractivity contribution >= 4 is 11.4 Å². The van der Waals surface area contributed by atoms with Crippen LogP contribution in [0, 0.1) is 5.82 Å². The Morgan fingerprint density at radius 2 is 2.00 bits per heavy atom. The minimum Gasteiger partial charge on any atom is -0.397 e. The second-order valence-electron chi connectivity index (χ2n) is 4.28. The monoisotopic (exact) mass is 235 g/mol. The van der Waals surface area contributed by atoms with Crippen molar-refractivity contribution in [3.63, 3.8) is 0 Å². The van der Waals surface area contributed by atoms with Crippen molar-refractivity contribution in [2.75, 3.05) is 43.4 Å². The molecule has 4 heteroatoms. The summed E-state index contributed by atoms with van der Waals surface area (Å²) < 4.78 is 13.0. The average molecular weight is 235 g/mol. The Morgan fingerprint density at radius 3 is 2.59 bits per heavy atom. The van der Waals surface area contributed by atoms with Gasteiger partial charge in [0.1, 0.15) is 5.82 Å². The van der Waals surface area contributed by atoms with Gasteiger partial charge in [0.2, 0.25) is 0 Å². The first-order valence-electron chi connectivity index (χ1n) is 5.84. The Balaban J connectivity index is 2.02. The molecule has 0 atom stereocenters. The van der Waals surface area contributed by atoms with Crippen LogP contribution in [0.1, 0.15) is 0 Å². The van der Waals surface area contributed by atoms with E-state index in [1.54, 1.807) is 6.07 Å². The second kappa shape index (κ2) is 5.19. The highest BCUT2D eigenvalue weighted by Crippen LogP contribution is 2.24. The van der Waals surface area contributed by atoms with E-state index >= 15 is 0 Å². The van der Waals surface area contributed by atoms with Crippen LogP contribution in [0.3, 0.4) is 0 Å². The summed E-state index contributed by atoms with van der Waals surface area (Å²) in [6.07, 6.45) is 1.92. The fourth-order valence-electron chi connectivity index (χ4n) is 2.17. The molecule has 1 aliphatic heterocycles. The number of nitrogens with zero attached hydrogens (tertiary/aromatic N) is 2. The molecule has 1 fully saturated rings. The largest absolute Gasteiger partial charge is 0.397 e. The molecule has 0 radical (unpaired) electrons. The van der Waals surface area contributed by atoms with Gasteiger partial charge < -0.3 is 10.6 Å². The molecule has 2 rings (SSSR count). The van der Waals surface area contributed by atoms with Gasteiger partial charge in [0, 0.05) is 32.7 Å². The van der Waals surface area contributed by atoms with Crippen molar-refractivity contribution in [3.8, 4) is 0 Å². The third kappa shape index (κ3) is 2.77. The first-order valence-corrected chi connectivity index (χ1v) is 5.84. The predicted octanol–water partition coefficient (Wildman–Crippen LogP) is 1.72. The van der Waals surface area contributed by atoms with Crippen molar-refractivity contribution in [2.24, 2.45) is 0 Å². The maximum absolute atomic E-state index is 13.0. The minimum atomic E-state index is -0.281. The van der Waals surface area contributed by atoms with Gasteiger partial charge in [-0.05, 0) is 18.2 Å². The summed E-state index contributed by atoms with van der Waals surface area (Å²) in [5.41, 5.74) is 7.28. The summed E-state index contributed by atoms with van der Waals surface area (Å²) in [6.45, 7) is 8.48. The molecule has 2 N–H and O–H groups in total. The summed E-state index contributed by atoms with van der Waals surface area (Å²) >= 11 is 0. The van der Waals surface area contributed by atoms with Crippen molar-refractivity contribution in [1.82, 2.24) is 4.90 Å². The number of piperazine rings is 1. The van der Waals surface area contributed by atoms with E-state index in [1.807, 2.05) is 6.08 Å². The van der Waals surface area contributed by atoms with Gasteiger partial charge >= 0.3 is 0 Å². The first kappa shape index (κ1) is 11.9. The van der Waals surface area contributed by atoms with E-state index in [1.165, 1.54) is 12.1 Å². The average Bonchev–Trinajstić information content (AvgIpc) is 2.31. The Kier molecular flexibility index (Phi) is 3.64. The number of hydrogen-bond donors (Lipinski definition) is 1. The molecule has 0 aromatic heterocycles. The van der Waals surface area contributed by atoms with Crippen molar-refractivity contribution in [3.05, 3.63) is 36.7 Å². The molecule has 1 aromatic rings. The fourth-order valence-corrected chi connectivity index (χ4v) is 2.17. The molecule has 0 saturated carbocycles.